The Morgan fingerprint density at radius 2 is 1.79 bits per heavy atom. The van der Waals surface area contributed by atoms with Gasteiger partial charge in [0.15, 0.2) is 0 Å². The van der Waals surface area contributed by atoms with Gasteiger partial charge in [-0.15, -0.1) is 0 Å². The molecule has 0 atom stereocenters. The third-order valence-electron chi connectivity index (χ3n) is 5.73. The van der Waals surface area contributed by atoms with Gasteiger partial charge in [-0.05, 0) is 45.0 Å². The Hall–Kier alpha value is -3.70. The molecule has 0 aliphatic carbocycles. The summed E-state index contributed by atoms with van der Waals surface area (Å²) >= 11 is 0. The minimum Gasteiger partial charge on any atom is -0.460 e. The second kappa shape index (κ2) is 9.65. The fourth-order valence-corrected chi connectivity index (χ4v) is 3.97. The first-order valence-electron chi connectivity index (χ1n) is 11.4. The van der Waals surface area contributed by atoms with Crippen molar-refractivity contribution >= 4 is 17.5 Å². The summed E-state index contributed by atoms with van der Waals surface area (Å²) in [5, 5.41) is 8.98. The van der Waals surface area contributed by atoms with Crippen molar-refractivity contribution in [2.24, 2.45) is 0 Å². The van der Waals surface area contributed by atoms with Gasteiger partial charge in [0.05, 0.1) is 23.7 Å². The highest BCUT2D eigenvalue weighted by molar-refractivity contribution is 5.95. The molecule has 1 aromatic carbocycles. The van der Waals surface area contributed by atoms with Gasteiger partial charge in [-0.25, -0.2) is 4.98 Å². The summed E-state index contributed by atoms with van der Waals surface area (Å²) in [6, 6.07) is 13.0. The Kier molecular flexibility index (Phi) is 6.66. The molecule has 0 radical (unpaired) electrons. The Labute approximate surface area is 199 Å². The van der Waals surface area contributed by atoms with Crippen molar-refractivity contribution in [1.29, 1.82) is 5.26 Å². The topological polar surface area (TPSA) is 90.9 Å². The lowest BCUT2D eigenvalue weighted by molar-refractivity contribution is -0.155. The Morgan fingerprint density at radius 3 is 2.44 bits per heavy atom. The molecule has 2 aromatic heterocycles. The summed E-state index contributed by atoms with van der Waals surface area (Å²) in [4.78, 5) is 33.7. The lowest BCUT2D eigenvalue weighted by Crippen LogP contribution is -2.49. The number of piperazine rings is 1. The fraction of sp³-hybridized carbons (Fsp3) is 0.385. The van der Waals surface area contributed by atoms with Crippen LogP contribution in [0.2, 0.25) is 0 Å². The second-order valence-corrected chi connectivity index (χ2v) is 9.47. The van der Waals surface area contributed by atoms with Crippen molar-refractivity contribution in [2.75, 3.05) is 32.7 Å². The van der Waals surface area contributed by atoms with Crippen LogP contribution in [0.15, 0.2) is 48.8 Å². The molecule has 0 spiro atoms. The number of pyridine rings is 1. The third kappa shape index (κ3) is 5.61. The van der Waals surface area contributed by atoms with Crippen LogP contribution in [0.3, 0.4) is 0 Å². The third-order valence-corrected chi connectivity index (χ3v) is 5.73. The monoisotopic (exact) mass is 459 g/mol. The van der Waals surface area contributed by atoms with Crippen LogP contribution < -0.4 is 0 Å². The van der Waals surface area contributed by atoms with Gasteiger partial charge in [0.1, 0.15) is 11.2 Å². The van der Waals surface area contributed by atoms with E-state index in [0.717, 1.165) is 24.3 Å². The predicted octanol–water partition coefficient (Wildman–Crippen LogP) is 3.36. The number of fused-ring (bicyclic) bond motifs is 1. The largest absolute Gasteiger partial charge is 0.460 e. The van der Waals surface area contributed by atoms with Gasteiger partial charge in [0.25, 0.3) is 5.91 Å². The summed E-state index contributed by atoms with van der Waals surface area (Å²) in [5.74, 6) is -0.211. The highest BCUT2D eigenvalue weighted by atomic mass is 16.6. The SMILES string of the molecule is CC(C)(C)OC(=O)CCN1CCN(C(=O)c2ccn3cc(-c4ccc(C#N)cc4)nc3c2)CC1. The Morgan fingerprint density at radius 1 is 1.09 bits per heavy atom. The molecular formula is C26H29N5O3. The normalized spacial score (nSPS) is 14.7. The highest BCUT2D eigenvalue weighted by Gasteiger charge is 2.24. The number of benzene rings is 1. The molecule has 0 saturated carbocycles. The number of rotatable bonds is 5. The van der Waals surface area contributed by atoms with Gasteiger partial charge in [-0.1, -0.05) is 12.1 Å². The van der Waals surface area contributed by atoms with E-state index in [1.54, 1.807) is 12.1 Å². The number of nitrogens with zero attached hydrogens (tertiary/aromatic N) is 5. The summed E-state index contributed by atoms with van der Waals surface area (Å²) < 4.78 is 7.26. The van der Waals surface area contributed by atoms with Crippen LogP contribution >= 0.6 is 0 Å². The Balaban J connectivity index is 1.36. The van der Waals surface area contributed by atoms with Crippen LogP contribution in [0.4, 0.5) is 0 Å². The van der Waals surface area contributed by atoms with Crippen LogP contribution in [-0.2, 0) is 9.53 Å². The van der Waals surface area contributed by atoms with Crippen molar-refractivity contribution in [3.05, 3.63) is 59.9 Å². The number of carbonyl (C=O) groups excluding carboxylic acids is 2. The molecule has 1 aliphatic rings. The number of esters is 1. The van der Waals surface area contributed by atoms with Crippen molar-refractivity contribution in [1.82, 2.24) is 19.2 Å². The molecule has 176 valence electrons. The van der Waals surface area contributed by atoms with Crippen LogP contribution in [0.25, 0.3) is 16.9 Å². The molecule has 8 nitrogen and oxygen atoms in total. The van der Waals surface area contributed by atoms with Crippen molar-refractivity contribution in [3.63, 3.8) is 0 Å². The molecule has 8 heteroatoms. The molecule has 34 heavy (non-hydrogen) atoms. The lowest BCUT2D eigenvalue weighted by atomic mass is 10.1. The van der Waals surface area contributed by atoms with Crippen LogP contribution in [0.5, 0.6) is 0 Å². The van der Waals surface area contributed by atoms with Crippen LogP contribution in [0.1, 0.15) is 43.1 Å². The van der Waals surface area contributed by atoms with Gasteiger partial charge >= 0.3 is 5.97 Å². The van der Waals surface area contributed by atoms with Gasteiger partial charge in [-0.3, -0.25) is 14.5 Å². The van der Waals surface area contributed by atoms with Crippen molar-refractivity contribution in [2.45, 2.75) is 32.8 Å². The van der Waals surface area contributed by atoms with E-state index in [4.69, 9.17) is 10.00 Å². The zero-order valence-corrected chi connectivity index (χ0v) is 19.8. The zero-order valence-electron chi connectivity index (χ0n) is 19.8. The second-order valence-electron chi connectivity index (χ2n) is 9.47. The summed E-state index contributed by atoms with van der Waals surface area (Å²) in [7, 11) is 0. The van der Waals surface area contributed by atoms with Gasteiger partial charge in [0, 0.05) is 56.2 Å². The minimum atomic E-state index is -0.471. The molecule has 0 bridgehead atoms. The van der Waals surface area contributed by atoms with E-state index < -0.39 is 5.60 Å². The maximum atomic E-state index is 13.1. The van der Waals surface area contributed by atoms with Gasteiger partial charge in [-0.2, -0.15) is 5.26 Å². The molecule has 1 fully saturated rings. The predicted molar refractivity (Wildman–Crippen MR) is 128 cm³/mol. The first-order valence-corrected chi connectivity index (χ1v) is 11.4. The van der Waals surface area contributed by atoms with Crippen molar-refractivity contribution in [3.8, 4) is 17.3 Å². The molecule has 1 amide bonds. The average molecular weight is 460 g/mol. The maximum Gasteiger partial charge on any atom is 0.307 e. The van der Waals surface area contributed by atoms with E-state index in [1.807, 2.05) is 66.7 Å². The molecule has 3 heterocycles. The average Bonchev–Trinajstić information content (AvgIpc) is 3.25. The molecule has 4 rings (SSSR count). The summed E-state index contributed by atoms with van der Waals surface area (Å²) in [6.07, 6.45) is 4.11. The van der Waals surface area contributed by atoms with E-state index in [1.165, 1.54) is 0 Å². The molecule has 0 N–H and O–H groups in total. The first kappa shape index (κ1) is 23.5. The number of aromatic nitrogens is 2. The number of carbonyl (C=O) groups is 2. The summed E-state index contributed by atoms with van der Waals surface area (Å²) in [5.41, 5.74) is 3.13. The lowest BCUT2D eigenvalue weighted by Gasteiger charge is -2.34. The quantitative estimate of drug-likeness (QED) is 0.544. The Bertz CT molecular complexity index is 1230. The van der Waals surface area contributed by atoms with E-state index >= 15 is 0 Å². The number of hydrogen-bond donors (Lipinski definition) is 0. The van der Waals surface area contributed by atoms with E-state index in [0.29, 0.717) is 42.8 Å². The standard InChI is InChI=1S/C26H29N5O3/c1-26(2,3)34-24(32)9-10-29-12-14-30(15-13-29)25(33)21-8-11-31-18-22(28-23(31)16-21)20-6-4-19(17-27)5-7-20/h4-8,11,16,18H,9-10,12-15H2,1-3H3. The number of hydrogen-bond acceptors (Lipinski definition) is 6. The fourth-order valence-electron chi connectivity index (χ4n) is 3.97. The molecule has 1 aliphatic heterocycles. The molecule has 0 unspecified atom stereocenters. The number of nitriles is 1. The van der Waals surface area contributed by atoms with E-state index in [-0.39, 0.29) is 11.9 Å². The zero-order chi connectivity index (χ0) is 24.3. The van der Waals surface area contributed by atoms with Crippen LogP contribution in [-0.4, -0.2) is 69.4 Å². The highest BCUT2D eigenvalue weighted by Crippen LogP contribution is 2.21. The molecule has 3 aromatic rings. The first-order chi connectivity index (χ1) is 16.2. The number of imidazole rings is 1. The summed E-state index contributed by atoms with van der Waals surface area (Å²) in [6.45, 7) is 8.91. The van der Waals surface area contributed by atoms with Crippen LogP contribution in [0, 0.1) is 11.3 Å². The van der Waals surface area contributed by atoms with E-state index in [2.05, 4.69) is 16.0 Å². The smallest absolute Gasteiger partial charge is 0.307 e. The molecular weight excluding hydrogens is 430 g/mol. The van der Waals surface area contributed by atoms with Crippen molar-refractivity contribution < 1.29 is 14.3 Å². The van der Waals surface area contributed by atoms with E-state index in [9.17, 15) is 9.59 Å². The number of ether oxygens (including phenoxy) is 1. The van der Waals surface area contributed by atoms with Gasteiger partial charge < -0.3 is 14.0 Å². The maximum absolute atomic E-state index is 13.1. The molecule has 1 saturated heterocycles. The van der Waals surface area contributed by atoms with Gasteiger partial charge in [0.2, 0.25) is 0 Å². The minimum absolute atomic E-state index is 0.0165. The number of amides is 1.